The molecule has 0 aromatic heterocycles. The van der Waals surface area contributed by atoms with Crippen LogP contribution in [0.5, 0.6) is 0 Å². The van der Waals surface area contributed by atoms with Crippen LogP contribution in [0.4, 0.5) is 5.69 Å². The van der Waals surface area contributed by atoms with Gasteiger partial charge in [-0.15, -0.1) is 0 Å². The second-order valence-electron chi connectivity index (χ2n) is 6.43. The molecule has 28 heavy (non-hydrogen) atoms. The van der Waals surface area contributed by atoms with Crippen molar-refractivity contribution in [2.24, 2.45) is 5.16 Å². The fourth-order valence-corrected chi connectivity index (χ4v) is 2.62. The first kappa shape index (κ1) is 22.8. The molecule has 0 saturated heterocycles. The summed E-state index contributed by atoms with van der Waals surface area (Å²) in [5, 5.41) is 14.2. The summed E-state index contributed by atoms with van der Waals surface area (Å²) in [6.07, 6.45) is 0. The van der Waals surface area contributed by atoms with Crippen LogP contribution in [-0.4, -0.2) is 44.6 Å². The lowest BCUT2D eigenvalue weighted by Crippen LogP contribution is -2.30. The SMILES string of the molecule is C=C(O[Si](C)(C)C)C(=NOCC(=O)OCc1ccc([N+](=O)[O-])cc1)C(=O)OC. The highest BCUT2D eigenvalue weighted by Crippen LogP contribution is 2.13. The third-order valence-corrected chi connectivity index (χ3v) is 3.82. The number of carbonyl (C=O) groups is 2. The second kappa shape index (κ2) is 10.2. The number of ether oxygens (including phenoxy) is 2. The van der Waals surface area contributed by atoms with Crippen molar-refractivity contribution in [1.29, 1.82) is 0 Å². The number of benzene rings is 1. The van der Waals surface area contributed by atoms with E-state index in [0.717, 1.165) is 7.11 Å². The standard InChI is InChI=1S/C17H22N2O8Si/c1-12(27-28(3,4)5)16(17(21)24-2)18-26-11-15(20)25-10-13-6-8-14(9-7-13)19(22)23/h6-9H,1,10-11H2,2-5H3. The molecule has 0 radical (unpaired) electrons. The van der Waals surface area contributed by atoms with Gasteiger partial charge >= 0.3 is 11.9 Å². The summed E-state index contributed by atoms with van der Waals surface area (Å²) in [6, 6.07) is 5.54. The summed E-state index contributed by atoms with van der Waals surface area (Å²) in [4.78, 5) is 38.4. The molecule has 1 aromatic carbocycles. The van der Waals surface area contributed by atoms with Gasteiger partial charge in [-0.25, -0.2) is 9.59 Å². The molecule has 0 heterocycles. The largest absolute Gasteiger partial charge is 0.543 e. The zero-order valence-electron chi connectivity index (χ0n) is 16.1. The van der Waals surface area contributed by atoms with E-state index < -0.39 is 31.8 Å². The number of non-ortho nitro benzene ring substituents is 1. The van der Waals surface area contributed by atoms with Gasteiger partial charge in [-0.3, -0.25) is 10.1 Å². The van der Waals surface area contributed by atoms with Crippen LogP contribution >= 0.6 is 0 Å². The Morgan fingerprint density at radius 3 is 2.32 bits per heavy atom. The maximum atomic E-state index is 11.8. The van der Waals surface area contributed by atoms with Crippen LogP contribution in [0.1, 0.15) is 5.56 Å². The molecule has 0 unspecified atom stereocenters. The minimum absolute atomic E-state index is 0.00901. The molecule has 0 N–H and O–H groups in total. The lowest BCUT2D eigenvalue weighted by atomic mass is 10.2. The molecule has 0 bridgehead atoms. The van der Waals surface area contributed by atoms with Crippen LogP contribution < -0.4 is 0 Å². The molecule has 152 valence electrons. The predicted octanol–water partition coefficient (Wildman–Crippen LogP) is 2.55. The zero-order chi connectivity index (χ0) is 21.3. The first-order valence-electron chi connectivity index (χ1n) is 8.09. The number of nitro benzene ring substituents is 1. The van der Waals surface area contributed by atoms with E-state index in [9.17, 15) is 19.7 Å². The average Bonchev–Trinajstić information content (AvgIpc) is 2.61. The molecular formula is C17H22N2O8Si. The van der Waals surface area contributed by atoms with Crippen LogP contribution in [0.15, 0.2) is 41.8 Å². The molecule has 10 nitrogen and oxygen atoms in total. The molecular weight excluding hydrogens is 388 g/mol. The summed E-state index contributed by atoms with van der Waals surface area (Å²) < 4.78 is 15.2. The van der Waals surface area contributed by atoms with Gasteiger partial charge in [0.2, 0.25) is 20.6 Å². The first-order valence-corrected chi connectivity index (χ1v) is 11.5. The highest BCUT2D eigenvalue weighted by Gasteiger charge is 2.25. The number of methoxy groups -OCH3 is 1. The Kier molecular flexibility index (Phi) is 8.32. The predicted molar refractivity (Wildman–Crippen MR) is 102 cm³/mol. The quantitative estimate of drug-likeness (QED) is 0.144. The van der Waals surface area contributed by atoms with Crippen molar-refractivity contribution >= 4 is 31.7 Å². The molecule has 1 rings (SSSR count). The van der Waals surface area contributed by atoms with Crippen LogP contribution in [0.25, 0.3) is 0 Å². The molecule has 0 spiro atoms. The van der Waals surface area contributed by atoms with Crippen molar-refractivity contribution in [2.75, 3.05) is 13.7 Å². The Labute approximate surface area is 163 Å². The lowest BCUT2D eigenvalue weighted by Gasteiger charge is -2.20. The van der Waals surface area contributed by atoms with Gasteiger partial charge in [0, 0.05) is 12.1 Å². The number of oxime groups is 1. The van der Waals surface area contributed by atoms with E-state index in [1.165, 1.54) is 24.3 Å². The van der Waals surface area contributed by atoms with Gasteiger partial charge in [-0.1, -0.05) is 11.7 Å². The fraction of sp³-hybridized carbons (Fsp3) is 0.353. The molecule has 0 aliphatic heterocycles. The van der Waals surface area contributed by atoms with Gasteiger partial charge in [0.25, 0.3) is 5.69 Å². The van der Waals surface area contributed by atoms with Crippen LogP contribution in [-0.2, 0) is 34.9 Å². The van der Waals surface area contributed by atoms with Crippen LogP contribution in [0, 0.1) is 10.1 Å². The van der Waals surface area contributed by atoms with E-state index in [2.05, 4.69) is 16.5 Å². The number of esters is 2. The Hall–Kier alpha value is -3.21. The Morgan fingerprint density at radius 2 is 1.82 bits per heavy atom. The number of hydrogen-bond acceptors (Lipinski definition) is 9. The number of rotatable bonds is 10. The number of carbonyl (C=O) groups excluding carboxylic acids is 2. The summed E-state index contributed by atoms with van der Waals surface area (Å²) >= 11 is 0. The van der Waals surface area contributed by atoms with Crippen molar-refractivity contribution in [3.8, 4) is 0 Å². The first-order chi connectivity index (χ1) is 13.0. The molecule has 1 aromatic rings. The Bertz CT molecular complexity index is 768. The van der Waals surface area contributed by atoms with Gasteiger partial charge in [-0.05, 0) is 37.3 Å². The van der Waals surface area contributed by atoms with Crippen molar-refractivity contribution in [1.82, 2.24) is 0 Å². The number of hydrogen-bond donors (Lipinski definition) is 0. The van der Waals surface area contributed by atoms with Crippen molar-refractivity contribution < 1.29 is 33.2 Å². The van der Waals surface area contributed by atoms with Crippen molar-refractivity contribution in [2.45, 2.75) is 26.2 Å². The average molecular weight is 410 g/mol. The lowest BCUT2D eigenvalue weighted by molar-refractivity contribution is -0.384. The van der Waals surface area contributed by atoms with Gasteiger partial charge in [0.1, 0.15) is 12.4 Å². The van der Waals surface area contributed by atoms with E-state index in [1.54, 1.807) is 0 Å². The summed E-state index contributed by atoms with van der Waals surface area (Å²) in [5.74, 6) is -1.57. The normalized spacial score (nSPS) is 11.4. The molecule has 0 atom stereocenters. The van der Waals surface area contributed by atoms with Gasteiger partial charge in [0.05, 0.1) is 12.0 Å². The van der Waals surface area contributed by atoms with E-state index >= 15 is 0 Å². The van der Waals surface area contributed by atoms with E-state index in [-0.39, 0.29) is 23.8 Å². The van der Waals surface area contributed by atoms with E-state index in [0.29, 0.717) is 5.56 Å². The third-order valence-electron chi connectivity index (χ3n) is 2.96. The van der Waals surface area contributed by atoms with Gasteiger partial charge in [-0.2, -0.15) is 0 Å². The number of nitro groups is 1. The molecule has 0 aliphatic rings. The molecule has 0 amide bonds. The molecule has 0 fully saturated rings. The number of nitrogens with zero attached hydrogens (tertiary/aromatic N) is 2. The molecule has 0 saturated carbocycles. The van der Waals surface area contributed by atoms with E-state index in [1.807, 2.05) is 19.6 Å². The highest BCUT2D eigenvalue weighted by atomic mass is 28.4. The minimum atomic E-state index is -2.04. The van der Waals surface area contributed by atoms with Crippen LogP contribution in [0.2, 0.25) is 19.6 Å². The van der Waals surface area contributed by atoms with E-state index in [4.69, 9.17) is 14.0 Å². The highest BCUT2D eigenvalue weighted by molar-refractivity contribution is 6.70. The topological polar surface area (TPSA) is 127 Å². The molecule has 0 aliphatic carbocycles. The van der Waals surface area contributed by atoms with Crippen LogP contribution in [0.3, 0.4) is 0 Å². The summed E-state index contributed by atoms with van der Waals surface area (Å²) in [5.41, 5.74) is 0.214. The summed E-state index contributed by atoms with van der Waals surface area (Å²) in [7, 11) is -0.877. The van der Waals surface area contributed by atoms with Crippen molar-refractivity contribution in [3.05, 3.63) is 52.3 Å². The summed E-state index contributed by atoms with van der Waals surface area (Å²) in [6.45, 7) is 8.66. The Balaban J connectivity index is 2.59. The maximum Gasteiger partial charge on any atom is 0.363 e. The van der Waals surface area contributed by atoms with Gasteiger partial charge in [0.15, 0.2) is 0 Å². The monoisotopic (exact) mass is 410 g/mol. The third kappa shape index (κ3) is 7.99. The smallest absolute Gasteiger partial charge is 0.363 e. The van der Waals surface area contributed by atoms with Crippen molar-refractivity contribution in [3.63, 3.8) is 0 Å². The molecule has 11 heteroatoms. The Morgan fingerprint density at radius 1 is 1.21 bits per heavy atom. The maximum absolute atomic E-state index is 11.8. The minimum Gasteiger partial charge on any atom is -0.543 e. The zero-order valence-corrected chi connectivity index (χ0v) is 17.1. The van der Waals surface area contributed by atoms with Gasteiger partial charge < -0.3 is 18.7 Å². The second-order valence-corrected chi connectivity index (χ2v) is 10.9. The fourth-order valence-electron chi connectivity index (χ4n) is 1.79.